The van der Waals surface area contributed by atoms with Crippen LogP contribution in [0.2, 0.25) is 0 Å². The van der Waals surface area contributed by atoms with Crippen molar-refractivity contribution in [3.05, 3.63) is 41.4 Å². The number of carbonyl (C=O) groups excluding carboxylic acids is 1. The first-order valence-corrected chi connectivity index (χ1v) is 10.1. The van der Waals surface area contributed by atoms with E-state index in [0.717, 1.165) is 49.5 Å². The van der Waals surface area contributed by atoms with E-state index < -0.39 is 0 Å². The fraction of sp³-hybridized carbons (Fsp3) is 0.500. The standard InChI is InChI=1S/C20H23N3OS.2ClH/c24-20(23-11-13-9-21-10-14(13)12-23)16-6-2-1-5-15(16)19-22-17-7-3-4-8-18(17)25-19;;/h1-4,7-8,13-16,21H,5-6,9-12H2;2*1H/t13-,14+,15?,16?;;. The Kier molecular flexibility index (Phi) is 6.46. The SMILES string of the molecule is Cl.Cl.O=C(C1CC=CCC1c1nc2ccccc2s1)N1C[C@H]2CNC[C@H]2C1. The van der Waals surface area contributed by atoms with E-state index in [-0.39, 0.29) is 36.6 Å². The Morgan fingerprint density at radius 2 is 1.78 bits per heavy atom. The maximum atomic E-state index is 13.3. The van der Waals surface area contributed by atoms with Gasteiger partial charge in [0.25, 0.3) is 0 Å². The number of hydrogen-bond acceptors (Lipinski definition) is 4. The first-order valence-electron chi connectivity index (χ1n) is 9.29. The maximum Gasteiger partial charge on any atom is 0.226 e. The summed E-state index contributed by atoms with van der Waals surface area (Å²) in [7, 11) is 0. The van der Waals surface area contributed by atoms with Crippen LogP contribution < -0.4 is 5.32 Å². The molecule has 4 nitrogen and oxygen atoms in total. The summed E-state index contributed by atoms with van der Waals surface area (Å²) in [5, 5.41) is 4.58. The summed E-state index contributed by atoms with van der Waals surface area (Å²) in [6.45, 7) is 4.01. The lowest BCUT2D eigenvalue weighted by Crippen LogP contribution is -2.39. The highest BCUT2D eigenvalue weighted by Gasteiger charge is 2.42. The van der Waals surface area contributed by atoms with E-state index in [1.54, 1.807) is 11.3 Å². The van der Waals surface area contributed by atoms with Crippen LogP contribution in [-0.2, 0) is 4.79 Å². The number of thiazole rings is 1. The molecule has 0 saturated carbocycles. The molecule has 146 valence electrons. The Bertz CT molecular complexity index is 794. The number of rotatable bonds is 2. The van der Waals surface area contributed by atoms with Gasteiger partial charge in [0, 0.05) is 32.1 Å². The first kappa shape index (κ1) is 20.6. The number of para-hydroxylation sites is 1. The normalized spacial score (nSPS) is 29.3. The zero-order chi connectivity index (χ0) is 16.8. The number of nitrogens with one attached hydrogen (secondary N) is 1. The van der Waals surface area contributed by atoms with Gasteiger partial charge in [0.05, 0.1) is 21.1 Å². The third kappa shape index (κ3) is 3.75. The number of allylic oxidation sites excluding steroid dienone is 2. The fourth-order valence-corrected chi connectivity index (χ4v) is 5.82. The molecule has 1 aliphatic carbocycles. The second kappa shape index (κ2) is 8.48. The molecule has 2 fully saturated rings. The number of aromatic nitrogens is 1. The average molecular weight is 426 g/mol. The molecule has 2 aromatic rings. The topological polar surface area (TPSA) is 45.2 Å². The minimum absolute atomic E-state index is 0. The van der Waals surface area contributed by atoms with Gasteiger partial charge in [-0.1, -0.05) is 24.3 Å². The maximum absolute atomic E-state index is 13.3. The highest BCUT2D eigenvalue weighted by atomic mass is 35.5. The van der Waals surface area contributed by atoms with Crippen LogP contribution >= 0.6 is 36.2 Å². The van der Waals surface area contributed by atoms with Gasteiger partial charge in [-0.3, -0.25) is 4.79 Å². The van der Waals surface area contributed by atoms with E-state index >= 15 is 0 Å². The number of amides is 1. The van der Waals surface area contributed by atoms with Crippen LogP contribution in [0, 0.1) is 17.8 Å². The van der Waals surface area contributed by atoms with Gasteiger partial charge >= 0.3 is 0 Å². The minimum Gasteiger partial charge on any atom is -0.342 e. The lowest BCUT2D eigenvalue weighted by molar-refractivity contribution is -0.135. The van der Waals surface area contributed by atoms with Gasteiger partial charge in [0.15, 0.2) is 0 Å². The molecule has 5 rings (SSSR count). The lowest BCUT2D eigenvalue weighted by atomic mass is 9.82. The van der Waals surface area contributed by atoms with Gasteiger partial charge < -0.3 is 10.2 Å². The summed E-state index contributed by atoms with van der Waals surface area (Å²) in [5.41, 5.74) is 1.06. The Morgan fingerprint density at radius 3 is 2.52 bits per heavy atom. The number of likely N-dealkylation sites (tertiary alicyclic amines) is 1. The number of halogens is 2. The van der Waals surface area contributed by atoms with E-state index in [1.807, 2.05) is 6.07 Å². The monoisotopic (exact) mass is 425 g/mol. The van der Waals surface area contributed by atoms with Crippen molar-refractivity contribution in [1.29, 1.82) is 0 Å². The second-order valence-electron chi connectivity index (χ2n) is 7.60. The molecule has 1 aromatic heterocycles. The van der Waals surface area contributed by atoms with Gasteiger partial charge in [-0.15, -0.1) is 36.2 Å². The first-order chi connectivity index (χ1) is 12.3. The highest BCUT2D eigenvalue weighted by molar-refractivity contribution is 7.18. The van der Waals surface area contributed by atoms with Gasteiger partial charge in [-0.2, -0.15) is 0 Å². The molecule has 27 heavy (non-hydrogen) atoms. The largest absolute Gasteiger partial charge is 0.342 e. The molecular formula is C20H25Cl2N3OS. The Labute approximate surface area is 176 Å². The summed E-state index contributed by atoms with van der Waals surface area (Å²) in [4.78, 5) is 20.3. The predicted octanol–water partition coefficient (Wildman–Crippen LogP) is 3.87. The summed E-state index contributed by atoms with van der Waals surface area (Å²) in [6, 6.07) is 8.29. The predicted molar refractivity (Wildman–Crippen MR) is 115 cm³/mol. The van der Waals surface area contributed by atoms with Crippen LogP contribution in [-0.4, -0.2) is 42.0 Å². The second-order valence-corrected chi connectivity index (χ2v) is 8.66. The van der Waals surface area contributed by atoms with Crippen molar-refractivity contribution in [3.8, 4) is 0 Å². The summed E-state index contributed by atoms with van der Waals surface area (Å²) < 4.78 is 1.22. The number of benzene rings is 1. The molecule has 1 aromatic carbocycles. The molecule has 0 radical (unpaired) electrons. The molecule has 2 saturated heterocycles. The van der Waals surface area contributed by atoms with Crippen LogP contribution in [0.5, 0.6) is 0 Å². The molecule has 1 amide bonds. The van der Waals surface area contributed by atoms with E-state index in [9.17, 15) is 4.79 Å². The summed E-state index contributed by atoms with van der Waals surface area (Å²) >= 11 is 1.76. The quantitative estimate of drug-likeness (QED) is 0.742. The van der Waals surface area contributed by atoms with Crippen LogP contribution in [0.3, 0.4) is 0 Å². The molecule has 7 heteroatoms. The number of hydrogen-bond donors (Lipinski definition) is 1. The van der Waals surface area contributed by atoms with Crippen LogP contribution in [0.15, 0.2) is 36.4 Å². The van der Waals surface area contributed by atoms with Crippen molar-refractivity contribution < 1.29 is 4.79 Å². The number of carbonyl (C=O) groups is 1. The number of fused-ring (bicyclic) bond motifs is 2. The Morgan fingerprint density at radius 1 is 1.07 bits per heavy atom. The summed E-state index contributed by atoms with van der Waals surface area (Å²) in [5.74, 6) is 1.95. The fourth-order valence-electron chi connectivity index (χ4n) is 4.68. The average Bonchev–Trinajstić information content (AvgIpc) is 3.34. The van der Waals surface area contributed by atoms with E-state index in [0.29, 0.717) is 17.7 Å². The number of nitrogens with zero attached hydrogens (tertiary/aromatic N) is 2. The molecule has 1 N–H and O–H groups in total. The van der Waals surface area contributed by atoms with Crippen LogP contribution in [0.1, 0.15) is 23.8 Å². The molecule has 2 aliphatic heterocycles. The Balaban J connectivity index is 0.00000105. The van der Waals surface area contributed by atoms with Gasteiger partial charge in [-0.05, 0) is 36.8 Å². The molecular weight excluding hydrogens is 401 g/mol. The molecule has 4 atom stereocenters. The molecule has 0 spiro atoms. The van der Waals surface area contributed by atoms with Crippen molar-refractivity contribution in [2.24, 2.45) is 17.8 Å². The van der Waals surface area contributed by atoms with E-state index in [2.05, 4.69) is 40.6 Å². The lowest BCUT2D eigenvalue weighted by Gasteiger charge is -2.30. The van der Waals surface area contributed by atoms with Crippen molar-refractivity contribution in [3.63, 3.8) is 0 Å². The van der Waals surface area contributed by atoms with Gasteiger partial charge in [-0.25, -0.2) is 4.98 Å². The molecule has 3 heterocycles. The third-order valence-electron chi connectivity index (χ3n) is 6.08. The smallest absolute Gasteiger partial charge is 0.226 e. The Hall–Kier alpha value is -1.14. The van der Waals surface area contributed by atoms with Gasteiger partial charge in [0.2, 0.25) is 5.91 Å². The molecule has 3 aliphatic rings. The van der Waals surface area contributed by atoms with Gasteiger partial charge in [0.1, 0.15) is 0 Å². The van der Waals surface area contributed by atoms with Crippen molar-refractivity contribution in [2.75, 3.05) is 26.2 Å². The minimum atomic E-state index is 0. The van der Waals surface area contributed by atoms with E-state index in [1.165, 1.54) is 4.70 Å². The van der Waals surface area contributed by atoms with Crippen molar-refractivity contribution in [1.82, 2.24) is 15.2 Å². The van der Waals surface area contributed by atoms with E-state index in [4.69, 9.17) is 4.98 Å². The zero-order valence-electron chi connectivity index (χ0n) is 15.0. The zero-order valence-corrected chi connectivity index (χ0v) is 17.5. The summed E-state index contributed by atoms with van der Waals surface area (Å²) in [6.07, 6.45) is 6.19. The van der Waals surface area contributed by atoms with Crippen molar-refractivity contribution in [2.45, 2.75) is 18.8 Å². The van der Waals surface area contributed by atoms with Crippen LogP contribution in [0.25, 0.3) is 10.2 Å². The molecule has 0 bridgehead atoms. The van der Waals surface area contributed by atoms with Crippen LogP contribution in [0.4, 0.5) is 0 Å². The molecule has 2 unspecified atom stereocenters. The third-order valence-corrected chi connectivity index (χ3v) is 7.25. The van der Waals surface area contributed by atoms with Crippen molar-refractivity contribution >= 4 is 52.3 Å². The highest BCUT2D eigenvalue weighted by Crippen LogP contribution is 2.40.